The van der Waals surface area contributed by atoms with Gasteiger partial charge in [0.05, 0.1) is 11.7 Å². The van der Waals surface area contributed by atoms with Gasteiger partial charge in [-0.05, 0) is 25.0 Å². The van der Waals surface area contributed by atoms with E-state index in [1.165, 1.54) is 0 Å². The number of carbonyl (C=O) groups is 2. The number of hydrogen-bond acceptors (Lipinski definition) is 4. The molecule has 1 N–H and O–H groups in total. The van der Waals surface area contributed by atoms with Crippen molar-refractivity contribution in [3.8, 4) is 0 Å². The summed E-state index contributed by atoms with van der Waals surface area (Å²) in [5.74, 6) is -2.34. The molecule has 0 aromatic heterocycles. The van der Waals surface area contributed by atoms with E-state index >= 15 is 0 Å². The molecule has 1 aromatic carbocycles. The number of rotatable bonds is 6. The summed E-state index contributed by atoms with van der Waals surface area (Å²) in [4.78, 5) is 28.3. The topological polar surface area (TPSA) is 61.9 Å². The van der Waals surface area contributed by atoms with Crippen LogP contribution in [-0.4, -0.2) is 73.6 Å². The lowest BCUT2D eigenvalue weighted by Crippen LogP contribution is -2.50. The first kappa shape index (κ1) is 19.7. The molecule has 0 radical (unpaired) electrons. The Morgan fingerprint density at radius 2 is 1.96 bits per heavy atom. The maximum Gasteiger partial charge on any atom is 0.254 e. The number of amides is 2. The summed E-state index contributed by atoms with van der Waals surface area (Å²) in [6.45, 7) is 4.83. The van der Waals surface area contributed by atoms with Crippen molar-refractivity contribution in [1.29, 1.82) is 0 Å². The Balaban J connectivity index is 1.36. The molecule has 3 rings (SSSR count). The molecule has 0 aliphatic carbocycles. The fourth-order valence-electron chi connectivity index (χ4n) is 3.47. The summed E-state index contributed by atoms with van der Waals surface area (Å²) >= 11 is 0. The van der Waals surface area contributed by atoms with E-state index < -0.39 is 17.5 Å². The minimum absolute atomic E-state index is 0.0355. The van der Waals surface area contributed by atoms with Gasteiger partial charge < -0.3 is 15.0 Å². The molecule has 0 bridgehead atoms. The number of halogens is 2. The fourth-order valence-corrected chi connectivity index (χ4v) is 3.47. The lowest BCUT2D eigenvalue weighted by molar-refractivity contribution is -0.132. The maximum absolute atomic E-state index is 13.6. The van der Waals surface area contributed by atoms with Crippen LogP contribution in [0.1, 0.15) is 29.6 Å². The van der Waals surface area contributed by atoms with Crippen molar-refractivity contribution in [3.05, 3.63) is 35.4 Å². The highest BCUT2D eigenvalue weighted by Crippen LogP contribution is 2.15. The van der Waals surface area contributed by atoms with Gasteiger partial charge in [-0.15, -0.1) is 0 Å². The first-order valence-electron chi connectivity index (χ1n) is 9.38. The zero-order valence-corrected chi connectivity index (χ0v) is 15.3. The molecule has 2 amide bonds. The molecular formula is C19H25F2N3O3. The van der Waals surface area contributed by atoms with Crippen molar-refractivity contribution in [3.63, 3.8) is 0 Å². The van der Waals surface area contributed by atoms with Crippen LogP contribution in [0.2, 0.25) is 0 Å². The van der Waals surface area contributed by atoms with Crippen molar-refractivity contribution in [1.82, 2.24) is 15.1 Å². The smallest absolute Gasteiger partial charge is 0.254 e. The second-order valence-electron chi connectivity index (χ2n) is 6.95. The third-order valence-electron chi connectivity index (χ3n) is 5.01. The number of piperazine rings is 1. The fraction of sp³-hybridized carbons (Fsp3) is 0.579. The van der Waals surface area contributed by atoms with E-state index in [0.29, 0.717) is 25.3 Å². The number of hydrogen-bond donors (Lipinski definition) is 1. The lowest BCUT2D eigenvalue weighted by atomic mass is 10.2. The number of carbonyl (C=O) groups excluding carboxylic acids is 2. The number of ether oxygens (including phenoxy) is 1. The van der Waals surface area contributed by atoms with Crippen LogP contribution in [-0.2, 0) is 9.53 Å². The standard InChI is InChI=1S/C19H25F2N3O3/c20-14-3-4-16(17(21)12-14)19(26)22-6-5-18(25)24-9-7-23(8-10-24)13-15-2-1-11-27-15/h3-4,12,15H,1-2,5-11,13H2,(H,22,26). The summed E-state index contributed by atoms with van der Waals surface area (Å²) in [7, 11) is 0. The van der Waals surface area contributed by atoms with E-state index in [4.69, 9.17) is 4.74 Å². The lowest BCUT2D eigenvalue weighted by Gasteiger charge is -2.35. The van der Waals surface area contributed by atoms with Gasteiger partial charge in [0.25, 0.3) is 5.91 Å². The van der Waals surface area contributed by atoms with Crippen LogP contribution in [0.4, 0.5) is 8.78 Å². The summed E-state index contributed by atoms with van der Waals surface area (Å²) in [5.41, 5.74) is -0.230. The summed E-state index contributed by atoms with van der Waals surface area (Å²) in [6, 6.07) is 2.78. The first-order chi connectivity index (χ1) is 13.0. The van der Waals surface area contributed by atoms with Gasteiger partial charge in [0, 0.05) is 58.4 Å². The van der Waals surface area contributed by atoms with Crippen LogP contribution >= 0.6 is 0 Å². The number of nitrogens with one attached hydrogen (secondary N) is 1. The average Bonchev–Trinajstić information content (AvgIpc) is 3.15. The van der Waals surface area contributed by atoms with Gasteiger partial charge in [-0.1, -0.05) is 0 Å². The van der Waals surface area contributed by atoms with E-state index in [-0.39, 0.29) is 24.4 Å². The Bertz CT molecular complexity index is 672. The van der Waals surface area contributed by atoms with Gasteiger partial charge in [0.2, 0.25) is 5.91 Å². The molecule has 2 heterocycles. The van der Waals surface area contributed by atoms with Crippen molar-refractivity contribution in [2.75, 3.05) is 45.9 Å². The van der Waals surface area contributed by atoms with Crippen molar-refractivity contribution in [2.24, 2.45) is 0 Å². The van der Waals surface area contributed by atoms with Crippen molar-refractivity contribution >= 4 is 11.8 Å². The minimum atomic E-state index is -0.916. The normalized spacial score (nSPS) is 20.7. The van der Waals surface area contributed by atoms with Crippen molar-refractivity contribution < 1.29 is 23.1 Å². The molecule has 2 aliphatic rings. The Hall–Kier alpha value is -2.06. The molecule has 0 spiro atoms. The van der Waals surface area contributed by atoms with Crippen LogP contribution in [0.15, 0.2) is 18.2 Å². The molecule has 27 heavy (non-hydrogen) atoms. The van der Waals surface area contributed by atoms with E-state index in [2.05, 4.69) is 10.2 Å². The van der Waals surface area contributed by atoms with Crippen LogP contribution < -0.4 is 5.32 Å². The van der Waals surface area contributed by atoms with E-state index in [1.54, 1.807) is 4.90 Å². The van der Waals surface area contributed by atoms with Gasteiger partial charge in [-0.25, -0.2) is 8.78 Å². The number of benzene rings is 1. The maximum atomic E-state index is 13.6. The molecule has 2 aliphatic heterocycles. The highest BCUT2D eigenvalue weighted by atomic mass is 19.1. The molecule has 2 saturated heterocycles. The molecule has 2 fully saturated rings. The van der Waals surface area contributed by atoms with E-state index in [9.17, 15) is 18.4 Å². The molecule has 1 aromatic rings. The Kier molecular flexibility index (Phi) is 6.73. The minimum Gasteiger partial charge on any atom is -0.377 e. The highest BCUT2D eigenvalue weighted by molar-refractivity contribution is 5.94. The Morgan fingerprint density at radius 3 is 2.63 bits per heavy atom. The van der Waals surface area contributed by atoms with Crippen LogP contribution in [0.5, 0.6) is 0 Å². The third kappa shape index (κ3) is 5.46. The Morgan fingerprint density at radius 1 is 1.19 bits per heavy atom. The predicted octanol–water partition coefficient (Wildman–Crippen LogP) is 1.41. The molecule has 8 heteroatoms. The van der Waals surface area contributed by atoms with Gasteiger partial charge in [-0.3, -0.25) is 14.5 Å². The molecule has 6 nitrogen and oxygen atoms in total. The third-order valence-corrected chi connectivity index (χ3v) is 5.01. The Labute approximate surface area is 157 Å². The second kappa shape index (κ2) is 9.23. The molecular weight excluding hydrogens is 356 g/mol. The molecule has 1 unspecified atom stereocenters. The van der Waals surface area contributed by atoms with Crippen LogP contribution in [0.25, 0.3) is 0 Å². The predicted molar refractivity (Wildman–Crippen MR) is 95.3 cm³/mol. The number of nitrogens with zero attached hydrogens (tertiary/aromatic N) is 2. The summed E-state index contributed by atoms with van der Waals surface area (Å²) < 4.78 is 32.1. The zero-order valence-electron chi connectivity index (χ0n) is 15.3. The average molecular weight is 381 g/mol. The molecule has 0 saturated carbocycles. The zero-order chi connectivity index (χ0) is 19.2. The van der Waals surface area contributed by atoms with Crippen LogP contribution in [0.3, 0.4) is 0 Å². The van der Waals surface area contributed by atoms with Gasteiger partial charge in [0.1, 0.15) is 11.6 Å². The largest absolute Gasteiger partial charge is 0.377 e. The van der Waals surface area contributed by atoms with Crippen LogP contribution in [0, 0.1) is 11.6 Å². The highest BCUT2D eigenvalue weighted by Gasteiger charge is 2.24. The molecule has 148 valence electrons. The SMILES string of the molecule is O=C(NCCC(=O)N1CCN(CC2CCCO2)CC1)c1ccc(F)cc1F. The quantitative estimate of drug-likeness (QED) is 0.809. The van der Waals surface area contributed by atoms with E-state index in [1.807, 2.05) is 0 Å². The van der Waals surface area contributed by atoms with Gasteiger partial charge >= 0.3 is 0 Å². The monoisotopic (exact) mass is 381 g/mol. The van der Waals surface area contributed by atoms with Crippen molar-refractivity contribution in [2.45, 2.75) is 25.4 Å². The first-order valence-corrected chi connectivity index (χ1v) is 9.38. The van der Waals surface area contributed by atoms with E-state index in [0.717, 1.165) is 51.2 Å². The summed E-state index contributed by atoms with van der Waals surface area (Å²) in [6.07, 6.45) is 2.69. The van der Waals surface area contributed by atoms with Gasteiger partial charge in [-0.2, -0.15) is 0 Å². The second-order valence-corrected chi connectivity index (χ2v) is 6.95. The summed E-state index contributed by atoms with van der Waals surface area (Å²) in [5, 5.41) is 2.51. The molecule has 1 atom stereocenters. The van der Waals surface area contributed by atoms with Gasteiger partial charge in [0.15, 0.2) is 0 Å².